The van der Waals surface area contributed by atoms with E-state index in [1.807, 2.05) is 6.92 Å². The van der Waals surface area contributed by atoms with Gasteiger partial charge in [-0.15, -0.1) is 0 Å². The van der Waals surface area contributed by atoms with Gasteiger partial charge in [-0.2, -0.15) is 0 Å². The quantitative estimate of drug-likeness (QED) is 0.554. The van der Waals surface area contributed by atoms with Crippen molar-refractivity contribution in [3.05, 3.63) is 28.7 Å². The van der Waals surface area contributed by atoms with Crippen LogP contribution >= 0.6 is 24.0 Å². The molecule has 0 spiro atoms. The highest BCUT2D eigenvalue weighted by Gasteiger charge is 2.39. The molecule has 2 N–H and O–H groups in total. The van der Waals surface area contributed by atoms with E-state index in [0.29, 0.717) is 35.7 Å². The van der Waals surface area contributed by atoms with Gasteiger partial charge in [-0.3, -0.25) is 9.69 Å². The van der Waals surface area contributed by atoms with E-state index in [-0.39, 0.29) is 10.1 Å². The van der Waals surface area contributed by atoms with Gasteiger partial charge < -0.3 is 14.9 Å². The molecule has 1 fully saturated rings. The third kappa shape index (κ3) is 4.32. The van der Waals surface area contributed by atoms with Crippen molar-refractivity contribution < 1.29 is 24.5 Å². The lowest BCUT2D eigenvalue weighted by Crippen LogP contribution is -2.43. The number of thioether (sulfide) groups is 1. The third-order valence-electron chi connectivity index (χ3n) is 3.56. The van der Waals surface area contributed by atoms with Gasteiger partial charge in [-0.05, 0) is 37.1 Å². The minimum atomic E-state index is -1.07. The number of aliphatic carboxylic acids is 1. The van der Waals surface area contributed by atoms with Crippen molar-refractivity contribution in [2.75, 3.05) is 6.61 Å². The highest BCUT2D eigenvalue weighted by molar-refractivity contribution is 8.26. The summed E-state index contributed by atoms with van der Waals surface area (Å²) >= 11 is 6.28. The molecule has 25 heavy (non-hydrogen) atoms. The van der Waals surface area contributed by atoms with Crippen molar-refractivity contribution >= 4 is 46.3 Å². The van der Waals surface area contributed by atoms with E-state index in [9.17, 15) is 19.8 Å². The van der Waals surface area contributed by atoms with Gasteiger partial charge in [0.05, 0.1) is 11.5 Å². The summed E-state index contributed by atoms with van der Waals surface area (Å²) in [5.74, 6) is -1.15. The van der Waals surface area contributed by atoms with Crippen LogP contribution in [0.2, 0.25) is 0 Å². The molecule has 1 heterocycles. The number of amides is 1. The number of carbonyl (C=O) groups excluding carboxylic acids is 1. The maximum Gasteiger partial charge on any atom is 0.326 e. The van der Waals surface area contributed by atoms with Crippen molar-refractivity contribution in [3.63, 3.8) is 0 Å². The molecular weight excluding hydrogens is 362 g/mol. The van der Waals surface area contributed by atoms with Crippen LogP contribution in [0.25, 0.3) is 6.08 Å². The van der Waals surface area contributed by atoms with Crippen molar-refractivity contribution in [1.29, 1.82) is 0 Å². The van der Waals surface area contributed by atoms with Crippen molar-refractivity contribution in [1.82, 2.24) is 4.90 Å². The topological polar surface area (TPSA) is 87.1 Å². The lowest BCUT2D eigenvalue weighted by atomic mass is 10.1. The van der Waals surface area contributed by atoms with Crippen LogP contribution in [-0.4, -0.2) is 44.0 Å². The Bertz CT molecular complexity index is 732. The van der Waals surface area contributed by atoms with E-state index in [1.54, 1.807) is 25.1 Å². The summed E-state index contributed by atoms with van der Waals surface area (Å²) in [6.45, 7) is 4.06. The molecule has 1 aromatic rings. The summed E-state index contributed by atoms with van der Waals surface area (Å²) in [6, 6.07) is 3.79. The molecule has 6 nitrogen and oxygen atoms in total. The molecule has 0 saturated carbocycles. The Labute approximate surface area is 155 Å². The first-order valence-electron chi connectivity index (χ1n) is 7.84. The second-order valence-corrected chi connectivity index (χ2v) is 7.03. The Hall–Kier alpha value is -2.06. The second kappa shape index (κ2) is 8.35. The molecule has 0 aliphatic carbocycles. The number of rotatable bonds is 7. The van der Waals surface area contributed by atoms with E-state index in [0.717, 1.165) is 11.8 Å². The summed E-state index contributed by atoms with van der Waals surface area (Å²) in [4.78, 5) is 25.6. The van der Waals surface area contributed by atoms with Crippen LogP contribution in [-0.2, 0) is 9.59 Å². The molecule has 134 valence electrons. The molecule has 1 aliphatic rings. The maximum atomic E-state index is 12.6. The molecule has 0 bridgehead atoms. The van der Waals surface area contributed by atoms with E-state index in [1.165, 1.54) is 11.0 Å². The fourth-order valence-corrected chi connectivity index (χ4v) is 3.78. The molecule has 0 aromatic heterocycles. The molecule has 1 saturated heterocycles. The van der Waals surface area contributed by atoms with E-state index < -0.39 is 17.9 Å². The summed E-state index contributed by atoms with van der Waals surface area (Å²) in [7, 11) is 0. The lowest BCUT2D eigenvalue weighted by molar-refractivity contribution is -0.145. The predicted octanol–water partition coefficient (Wildman–Crippen LogP) is 3.25. The summed E-state index contributed by atoms with van der Waals surface area (Å²) < 4.78 is 5.56. The van der Waals surface area contributed by atoms with Crippen molar-refractivity contribution in [2.45, 2.75) is 32.7 Å². The molecule has 8 heteroatoms. The van der Waals surface area contributed by atoms with Crippen LogP contribution in [0.5, 0.6) is 11.5 Å². The van der Waals surface area contributed by atoms with Crippen molar-refractivity contribution in [2.24, 2.45) is 0 Å². The lowest BCUT2D eigenvalue weighted by Gasteiger charge is -2.22. The summed E-state index contributed by atoms with van der Waals surface area (Å²) in [5.41, 5.74) is 0.657. The number of carboxylic acid groups (broad SMARTS) is 1. The number of carbonyl (C=O) groups is 2. The molecule has 2 rings (SSSR count). The summed E-state index contributed by atoms with van der Waals surface area (Å²) in [6.07, 6.45) is 2.58. The van der Waals surface area contributed by atoms with Crippen LogP contribution in [0.15, 0.2) is 23.1 Å². The van der Waals surface area contributed by atoms with Crippen LogP contribution in [0.1, 0.15) is 32.3 Å². The maximum absolute atomic E-state index is 12.6. The number of phenols is 1. The van der Waals surface area contributed by atoms with E-state index >= 15 is 0 Å². The largest absolute Gasteiger partial charge is 0.504 e. The fourth-order valence-electron chi connectivity index (χ4n) is 2.43. The van der Waals surface area contributed by atoms with Gasteiger partial charge in [0.1, 0.15) is 10.4 Å². The smallest absolute Gasteiger partial charge is 0.326 e. The molecule has 1 aromatic carbocycles. The number of phenolic OH excluding ortho intramolecular Hbond substituents is 1. The molecule has 0 radical (unpaired) electrons. The first kappa shape index (κ1) is 19.3. The number of thiocarbonyl (C=S) groups is 1. The standard InChI is InChI=1S/C17H19NO5S2/c1-3-5-11(16(21)22)18-15(20)14(25-17(18)24)9-10-6-7-12(19)13(8-10)23-4-2/h6-9,11,19H,3-5H2,1-2H3,(H,21,22)/b14-9-/t11-/m1/s1. The van der Waals surface area contributed by atoms with Crippen LogP contribution in [0.4, 0.5) is 0 Å². The van der Waals surface area contributed by atoms with Gasteiger partial charge in [-0.1, -0.05) is 43.4 Å². The van der Waals surface area contributed by atoms with Gasteiger partial charge in [0, 0.05) is 0 Å². The minimum absolute atomic E-state index is 0.0143. The SMILES string of the molecule is CCC[C@H](C(=O)O)N1C(=O)/C(=C/c2ccc(O)c(OCC)c2)SC1=S. The minimum Gasteiger partial charge on any atom is -0.504 e. The number of benzene rings is 1. The highest BCUT2D eigenvalue weighted by atomic mass is 32.2. The first-order valence-corrected chi connectivity index (χ1v) is 9.07. The number of hydrogen-bond acceptors (Lipinski definition) is 6. The van der Waals surface area contributed by atoms with E-state index in [2.05, 4.69) is 0 Å². The molecule has 0 unspecified atom stereocenters. The van der Waals surface area contributed by atoms with E-state index in [4.69, 9.17) is 17.0 Å². The number of carboxylic acids is 1. The zero-order valence-electron chi connectivity index (χ0n) is 13.9. The zero-order valence-corrected chi connectivity index (χ0v) is 15.5. The second-order valence-electron chi connectivity index (χ2n) is 5.35. The molecule has 1 amide bonds. The Morgan fingerprint density at radius 2 is 2.16 bits per heavy atom. The van der Waals surface area contributed by atoms with Gasteiger partial charge in [0.25, 0.3) is 5.91 Å². The Morgan fingerprint density at radius 3 is 2.76 bits per heavy atom. The van der Waals surface area contributed by atoms with Gasteiger partial charge in [0.2, 0.25) is 0 Å². The molecular formula is C17H19NO5S2. The average molecular weight is 381 g/mol. The van der Waals surface area contributed by atoms with Crippen molar-refractivity contribution in [3.8, 4) is 11.5 Å². The number of ether oxygens (including phenoxy) is 1. The fraction of sp³-hybridized carbons (Fsp3) is 0.353. The van der Waals surface area contributed by atoms with Crippen LogP contribution < -0.4 is 4.74 Å². The third-order valence-corrected chi connectivity index (χ3v) is 4.89. The molecule has 1 aliphatic heterocycles. The Kier molecular flexibility index (Phi) is 6.44. The molecule has 1 atom stereocenters. The normalized spacial score (nSPS) is 17.2. The summed E-state index contributed by atoms with van der Waals surface area (Å²) in [5, 5.41) is 19.1. The average Bonchev–Trinajstić information content (AvgIpc) is 2.82. The monoisotopic (exact) mass is 381 g/mol. The van der Waals surface area contributed by atoms with Gasteiger partial charge in [0.15, 0.2) is 11.5 Å². The number of aromatic hydroxyl groups is 1. The van der Waals surface area contributed by atoms with Crippen LogP contribution in [0.3, 0.4) is 0 Å². The van der Waals surface area contributed by atoms with Crippen LogP contribution in [0, 0.1) is 0 Å². The zero-order chi connectivity index (χ0) is 18.6. The van der Waals surface area contributed by atoms with Gasteiger partial charge >= 0.3 is 5.97 Å². The predicted molar refractivity (Wildman–Crippen MR) is 101 cm³/mol. The Balaban J connectivity index is 2.31. The highest BCUT2D eigenvalue weighted by Crippen LogP contribution is 2.36. The first-order chi connectivity index (χ1) is 11.9. The van der Waals surface area contributed by atoms with Gasteiger partial charge in [-0.25, -0.2) is 4.79 Å². The number of hydrogen-bond donors (Lipinski definition) is 2. The number of nitrogens with zero attached hydrogens (tertiary/aromatic N) is 1. The Morgan fingerprint density at radius 1 is 1.44 bits per heavy atom.